The molecule has 0 saturated carbocycles. The molecule has 2 aliphatic heterocycles. The maximum Gasteiger partial charge on any atom is 0.133 e. The minimum Gasteiger partial charge on any atom is -0.393 e. The molecular weight excluding hydrogens is 523 g/mol. The lowest BCUT2D eigenvalue weighted by molar-refractivity contribution is 0.0143. The van der Waals surface area contributed by atoms with E-state index in [1.165, 1.54) is 11.1 Å². The molecule has 0 radical (unpaired) electrons. The van der Waals surface area contributed by atoms with Gasteiger partial charge in [-0.05, 0) is 96.3 Å². The molecule has 4 atom stereocenters. The van der Waals surface area contributed by atoms with E-state index in [-0.39, 0.29) is 6.10 Å². The Labute approximate surface area is 234 Å². The van der Waals surface area contributed by atoms with Crippen LogP contribution in [0, 0.1) is 11.8 Å². The van der Waals surface area contributed by atoms with Crippen LogP contribution in [0.2, 0.25) is 10.0 Å². The van der Waals surface area contributed by atoms with E-state index >= 15 is 0 Å². The highest BCUT2D eigenvalue weighted by Gasteiger charge is 2.38. The Morgan fingerprint density at radius 2 is 1.73 bits per heavy atom. The summed E-state index contributed by atoms with van der Waals surface area (Å²) in [5, 5.41) is 27.2. The summed E-state index contributed by atoms with van der Waals surface area (Å²) in [6.07, 6.45) is 2.93. The molecule has 37 heavy (non-hydrogen) atoms. The van der Waals surface area contributed by atoms with Crippen LogP contribution < -0.4 is 0 Å². The quantitative estimate of drug-likeness (QED) is 0.316. The van der Waals surface area contributed by atoms with Gasteiger partial charge in [0.15, 0.2) is 0 Å². The standard InChI is InChI=1S/C30H36Cl2N2O2S/c31-28-7-6-23(16-29(28)32)30(36)34-18-25(27(19-34)24-10-13-37-20-24)17-33-11-8-22(9-12-33)15-26(35)14-21-4-2-1-3-5-21/h1-7,10,13,16,20,22,25-27,30,35-36H,8-9,11-12,14-15,17-19H2/t25?,26?,27-,30?/m0/s1. The van der Waals surface area contributed by atoms with Gasteiger partial charge in [0.1, 0.15) is 6.23 Å². The van der Waals surface area contributed by atoms with Crippen molar-refractivity contribution in [3.8, 4) is 0 Å². The first-order valence-corrected chi connectivity index (χ1v) is 15.0. The van der Waals surface area contributed by atoms with Gasteiger partial charge in [0.25, 0.3) is 0 Å². The predicted octanol–water partition coefficient (Wildman–Crippen LogP) is 6.47. The first-order valence-electron chi connectivity index (χ1n) is 13.3. The highest BCUT2D eigenvalue weighted by atomic mass is 35.5. The monoisotopic (exact) mass is 558 g/mol. The summed E-state index contributed by atoms with van der Waals surface area (Å²) < 4.78 is 0. The van der Waals surface area contributed by atoms with Crippen molar-refractivity contribution in [3.63, 3.8) is 0 Å². The van der Waals surface area contributed by atoms with E-state index in [4.69, 9.17) is 23.2 Å². The Morgan fingerprint density at radius 1 is 0.946 bits per heavy atom. The topological polar surface area (TPSA) is 46.9 Å². The summed E-state index contributed by atoms with van der Waals surface area (Å²) in [4.78, 5) is 4.78. The number of piperidine rings is 1. The molecule has 5 rings (SSSR count). The van der Waals surface area contributed by atoms with Crippen LogP contribution in [0.1, 0.15) is 48.1 Å². The van der Waals surface area contributed by atoms with E-state index < -0.39 is 6.23 Å². The third-order valence-electron chi connectivity index (χ3n) is 8.15. The van der Waals surface area contributed by atoms with Crippen molar-refractivity contribution in [2.24, 2.45) is 11.8 Å². The van der Waals surface area contributed by atoms with E-state index in [0.717, 1.165) is 64.0 Å². The fourth-order valence-electron chi connectivity index (χ4n) is 6.13. The molecule has 2 fully saturated rings. The first kappa shape index (κ1) is 27.1. The maximum atomic E-state index is 11.2. The van der Waals surface area contributed by atoms with Crippen LogP contribution in [-0.2, 0) is 6.42 Å². The van der Waals surface area contributed by atoms with E-state index in [0.29, 0.717) is 27.8 Å². The number of halogens is 2. The number of hydrogen-bond acceptors (Lipinski definition) is 5. The molecule has 2 aromatic carbocycles. The van der Waals surface area contributed by atoms with E-state index in [1.807, 2.05) is 24.3 Å². The molecule has 2 saturated heterocycles. The number of nitrogens with zero attached hydrogens (tertiary/aromatic N) is 2. The Kier molecular flexibility index (Phi) is 9.25. The summed E-state index contributed by atoms with van der Waals surface area (Å²) in [7, 11) is 0. The molecule has 0 spiro atoms. The second kappa shape index (κ2) is 12.6. The molecule has 7 heteroatoms. The van der Waals surface area contributed by atoms with Gasteiger partial charge in [-0.2, -0.15) is 11.3 Å². The molecule has 3 unspecified atom stereocenters. The molecule has 0 aliphatic carbocycles. The minimum absolute atomic E-state index is 0.270. The molecule has 0 amide bonds. The lowest BCUT2D eigenvalue weighted by Crippen LogP contribution is -2.39. The molecule has 0 bridgehead atoms. The second-order valence-electron chi connectivity index (χ2n) is 10.7. The molecule has 3 aromatic rings. The number of thiophene rings is 1. The first-order chi connectivity index (χ1) is 18.0. The zero-order chi connectivity index (χ0) is 25.8. The molecule has 1 aromatic heterocycles. The fourth-order valence-corrected chi connectivity index (χ4v) is 7.16. The Morgan fingerprint density at radius 3 is 2.43 bits per heavy atom. The van der Waals surface area contributed by atoms with Gasteiger partial charge in [-0.25, -0.2) is 0 Å². The van der Waals surface area contributed by atoms with Gasteiger partial charge in [-0.1, -0.05) is 59.6 Å². The third kappa shape index (κ3) is 6.96. The number of rotatable bonds is 9. The lowest BCUT2D eigenvalue weighted by atomic mass is 9.87. The van der Waals surface area contributed by atoms with Crippen LogP contribution in [0.4, 0.5) is 0 Å². The minimum atomic E-state index is -0.697. The smallest absolute Gasteiger partial charge is 0.133 e. The SMILES string of the molecule is OC(Cc1ccccc1)CC1CCN(CC2CN(C(O)c3ccc(Cl)c(Cl)c3)C[C@H]2c2ccsc2)CC1. The average Bonchev–Trinajstić information content (AvgIpc) is 3.57. The highest BCUT2D eigenvalue weighted by Crippen LogP contribution is 2.39. The average molecular weight is 560 g/mol. The van der Waals surface area contributed by atoms with Crippen molar-refractivity contribution >= 4 is 34.5 Å². The van der Waals surface area contributed by atoms with Crippen LogP contribution in [0.5, 0.6) is 0 Å². The Bertz CT molecular complexity index is 1120. The Hall–Kier alpha value is -1.44. The third-order valence-corrected chi connectivity index (χ3v) is 9.59. The van der Waals surface area contributed by atoms with Crippen molar-refractivity contribution < 1.29 is 10.2 Å². The molecule has 198 valence electrons. The fraction of sp³-hybridized carbons (Fsp3) is 0.467. The molecular formula is C30H36Cl2N2O2S. The van der Waals surface area contributed by atoms with Crippen molar-refractivity contribution in [1.82, 2.24) is 9.80 Å². The van der Waals surface area contributed by atoms with E-state index in [2.05, 4.69) is 38.8 Å². The number of benzene rings is 2. The van der Waals surface area contributed by atoms with Crippen molar-refractivity contribution in [2.45, 2.75) is 43.9 Å². The van der Waals surface area contributed by atoms with Crippen LogP contribution in [-0.4, -0.2) is 58.8 Å². The normalized spacial score (nSPS) is 23.4. The van der Waals surface area contributed by atoms with Crippen molar-refractivity contribution in [2.75, 3.05) is 32.7 Å². The Balaban J connectivity index is 1.17. The lowest BCUT2D eigenvalue weighted by Gasteiger charge is -2.35. The number of aliphatic hydroxyl groups is 2. The van der Waals surface area contributed by atoms with Gasteiger partial charge in [0, 0.05) is 25.6 Å². The van der Waals surface area contributed by atoms with Crippen molar-refractivity contribution in [1.29, 1.82) is 0 Å². The van der Waals surface area contributed by atoms with E-state index in [9.17, 15) is 10.2 Å². The van der Waals surface area contributed by atoms with Crippen LogP contribution >= 0.6 is 34.5 Å². The maximum absolute atomic E-state index is 11.2. The van der Waals surface area contributed by atoms with Gasteiger partial charge < -0.3 is 15.1 Å². The van der Waals surface area contributed by atoms with Gasteiger partial charge in [0.2, 0.25) is 0 Å². The van der Waals surface area contributed by atoms with Gasteiger partial charge in [-0.15, -0.1) is 0 Å². The summed E-state index contributed by atoms with van der Waals surface area (Å²) in [6.45, 7) is 4.85. The number of aliphatic hydroxyl groups excluding tert-OH is 2. The number of hydrogen-bond donors (Lipinski definition) is 2. The molecule has 2 aliphatic rings. The highest BCUT2D eigenvalue weighted by molar-refractivity contribution is 7.08. The van der Waals surface area contributed by atoms with E-state index in [1.54, 1.807) is 23.5 Å². The van der Waals surface area contributed by atoms with Crippen molar-refractivity contribution in [3.05, 3.63) is 92.1 Å². The predicted molar refractivity (Wildman–Crippen MR) is 153 cm³/mol. The molecule has 2 N–H and O–H groups in total. The molecule has 3 heterocycles. The van der Waals surface area contributed by atoms with Crippen LogP contribution in [0.3, 0.4) is 0 Å². The van der Waals surface area contributed by atoms with Crippen LogP contribution in [0.15, 0.2) is 65.4 Å². The molecule has 4 nitrogen and oxygen atoms in total. The van der Waals surface area contributed by atoms with Gasteiger partial charge in [0.05, 0.1) is 16.1 Å². The zero-order valence-electron chi connectivity index (χ0n) is 21.1. The zero-order valence-corrected chi connectivity index (χ0v) is 23.4. The second-order valence-corrected chi connectivity index (χ2v) is 12.3. The summed E-state index contributed by atoms with van der Waals surface area (Å²) >= 11 is 14.1. The summed E-state index contributed by atoms with van der Waals surface area (Å²) in [5.74, 6) is 1.43. The van der Waals surface area contributed by atoms with Crippen LogP contribution in [0.25, 0.3) is 0 Å². The van der Waals surface area contributed by atoms with Gasteiger partial charge in [-0.3, -0.25) is 4.90 Å². The summed E-state index contributed by atoms with van der Waals surface area (Å²) in [6, 6.07) is 17.9. The largest absolute Gasteiger partial charge is 0.393 e. The van der Waals surface area contributed by atoms with Gasteiger partial charge >= 0.3 is 0 Å². The summed E-state index contributed by atoms with van der Waals surface area (Å²) in [5.41, 5.74) is 3.37. The number of likely N-dealkylation sites (tertiary alicyclic amines) is 2.